The Bertz CT molecular complexity index is 307. The molecule has 0 bridgehead atoms. The molecule has 1 amide bonds. The van der Waals surface area contributed by atoms with E-state index in [0.29, 0.717) is 5.91 Å². The third-order valence-electron chi connectivity index (χ3n) is 4.40. The van der Waals surface area contributed by atoms with Crippen molar-refractivity contribution in [3.8, 4) is 0 Å². The Hall–Kier alpha value is -0.610. The molecule has 1 unspecified atom stereocenters. The van der Waals surface area contributed by atoms with Gasteiger partial charge in [-0.05, 0) is 40.7 Å². The summed E-state index contributed by atoms with van der Waals surface area (Å²) in [7, 11) is 0. The van der Waals surface area contributed by atoms with E-state index < -0.39 is 0 Å². The molecule has 2 rings (SSSR count). The fourth-order valence-electron chi connectivity index (χ4n) is 2.96. The summed E-state index contributed by atoms with van der Waals surface area (Å²) in [6.07, 6.45) is 0.977. The Morgan fingerprint density at radius 1 is 1.17 bits per heavy atom. The standard InChI is InChI=1S/C14H27N3O/c1-13(2,3)17-9-7-16(8-10-17)12(18)14(4)5-6-15-11-14/h15H,5-11H2,1-4H3. The normalized spacial score (nSPS) is 30.8. The average Bonchev–Trinajstić information content (AvgIpc) is 2.75. The van der Waals surface area contributed by atoms with Gasteiger partial charge < -0.3 is 10.2 Å². The predicted octanol–water partition coefficient (Wildman–Crippen LogP) is 0.929. The summed E-state index contributed by atoms with van der Waals surface area (Å²) < 4.78 is 0. The fraction of sp³-hybridized carbons (Fsp3) is 0.929. The van der Waals surface area contributed by atoms with Crippen molar-refractivity contribution in [3.63, 3.8) is 0 Å². The molecule has 0 saturated carbocycles. The minimum Gasteiger partial charge on any atom is -0.340 e. The van der Waals surface area contributed by atoms with Gasteiger partial charge in [0.15, 0.2) is 0 Å². The smallest absolute Gasteiger partial charge is 0.229 e. The highest BCUT2D eigenvalue weighted by Crippen LogP contribution is 2.28. The molecule has 4 nitrogen and oxygen atoms in total. The lowest BCUT2D eigenvalue weighted by molar-refractivity contribution is -0.142. The highest BCUT2D eigenvalue weighted by molar-refractivity contribution is 5.83. The number of nitrogens with one attached hydrogen (secondary N) is 1. The minimum absolute atomic E-state index is 0.163. The summed E-state index contributed by atoms with van der Waals surface area (Å²) >= 11 is 0. The van der Waals surface area contributed by atoms with Crippen LogP contribution >= 0.6 is 0 Å². The second kappa shape index (κ2) is 4.82. The van der Waals surface area contributed by atoms with Crippen LogP contribution in [0.3, 0.4) is 0 Å². The third-order valence-corrected chi connectivity index (χ3v) is 4.40. The van der Waals surface area contributed by atoms with Crippen molar-refractivity contribution in [2.75, 3.05) is 39.3 Å². The van der Waals surface area contributed by atoms with Gasteiger partial charge in [-0.3, -0.25) is 9.69 Å². The zero-order valence-electron chi connectivity index (χ0n) is 12.3. The van der Waals surface area contributed by atoms with Crippen molar-refractivity contribution >= 4 is 5.91 Å². The van der Waals surface area contributed by atoms with E-state index >= 15 is 0 Å². The maximum atomic E-state index is 12.5. The lowest BCUT2D eigenvalue weighted by Crippen LogP contribution is -2.57. The van der Waals surface area contributed by atoms with Crippen molar-refractivity contribution < 1.29 is 4.79 Å². The van der Waals surface area contributed by atoms with E-state index in [1.54, 1.807) is 0 Å². The summed E-state index contributed by atoms with van der Waals surface area (Å²) in [5.41, 5.74) is 0.0534. The first-order valence-electron chi connectivity index (χ1n) is 7.08. The molecule has 0 aromatic rings. The molecule has 2 fully saturated rings. The van der Waals surface area contributed by atoms with Crippen molar-refractivity contribution in [3.05, 3.63) is 0 Å². The molecule has 4 heteroatoms. The van der Waals surface area contributed by atoms with Crippen LogP contribution in [0.5, 0.6) is 0 Å². The number of rotatable bonds is 1. The zero-order valence-corrected chi connectivity index (χ0v) is 12.3. The summed E-state index contributed by atoms with van der Waals surface area (Å²) in [4.78, 5) is 17.1. The zero-order chi connectivity index (χ0) is 13.4. The van der Waals surface area contributed by atoms with Gasteiger partial charge in [0.05, 0.1) is 5.41 Å². The van der Waals surface area contributed by atoms with Crippen LogP contribution in [0.15, 0.2) is 0 Å². The molecule has 18 heavy (non-hydrogen) atoms. The quantitative estimate of drug-likeness (QED) is 0.755. The van der Waals surface area contributed by atoms with Crippen LogP contribution in [-0.4, -0.2) is 60.5 Å². The third kappa shape index (κ3) is 2.69. The molecular weight excluding hydrogens is 226 g/mol. The van der Waals surface area contributed by atoms with Crippen LogP contribution in [0, 0.1) is 5.41 Å². The Balaban J connectivity index is 1.92. The molecule has 0 aromatic carbocycles. The van der Waals surface area contributed by atoms with E-state index in [1.165, 1.54) is 0 Å². The summed E-state index contributed by atoms with van der Waals surface area (Å²) in [6.45, 7) is 14.4. The van der Waals surface area contributed by atoms with Crippen molar-refractivity contribution in [2.24, 2.45) is 5.41 Å². The molecule has 2 saturated heterocycles. The van der Waals surface area contributed by atoms with E-state index in [-0.39, 0.29) is 11.0 Å². The maximum absolute atomic E-state index is 12.5. The number of carbonyl (C=O) groups is 1. The summed E-state index contributed by atoms with van der Waals surface area (Å²) in [6, 6.07) is 0. The minimum atomic E-state index is -0.163. The van der Waals surface area contributed by atoms with E-state index in [0.717, 1.165) is 45.7 Å². The Labute approximate surface area is 111 Å². The number of carbonyl (C=O) groups excluding carboxylic acids is 1. The Morgan fingerprint density at radius 2 is 1.78 bits per heavy atom. The number of hydrogen-bond acceptors (Lipinski definition) is 3. The highest BCUT2D eigenvalue weighted by atomic mass is 16.2. The van der Waals surface area contributed by atoms with Gasteiger partial charge in [0.25, 0.3) is 0 Å². The molecular formula is C14H27N3O. The highest BCUT2D eigenvalue weighted by Gasteiger charge is 2.40. The van der Waals surface area contributed by atoms with Crippen LogP contribution in [-0.2, 0) is 4.79 Å². The van der Waals surface area contributed by atoms with Gasteiger partial charge in [-0.25, -0.2) is 0 Å². The predicted molar refractivity (Wildman–Crippen MR) is 73.5 cm³/mol. The largest absolute Gasteiger partial charge is 0.340 e. The topological polar surface area (TPSA) is 35.6 Å². The van der Waals surface area contributed by atoms with Gasteiger partial charge in [-0.1, -0.05) is 0 Å². The Morgan fingerprint density at radius 3 is 2.22 bits per heavy atom. The lowest BCUT2D eigenvalue weighted by atomic mass is 9.87. The van der Waals surface area contributed by atoms with Gasteiger partial charge in [0.1, 0.15) is 0 Å². The number of nitrogens with zero attached hydrogens (tertiary/aromatic N) is 2. The molecule has 2 heterocycles. The first-order chi connectivity index (χ1) is 8.33. The second-order valence-electron chi connectivity index (χ2n) is 6.94. The van der Waals surface area contributed by atoms with Gasteiger partial charge in [-0.15, -0.1) is 0 Å². The molecule has 0 radical (unpaired) electrons. The molecule has 0 aromatic heterocycles. The molecule has 0 aliphatic carbocycles. The van der Waals surface area contributed by atoms with Crippen LogP contribution in [0.25, 0.3) is 0 Å². The number of piperazine rings is 1. The van der Waals surface area contributed by atoms with Gasteiger partial charge >= 0.3 is 0 Å². The van der Waals surface area contributed by atoms with E-state index in [2.05, 4.69) is 42.8 Å². The van der Waals surface area contributed by atoms with Gasteiger partial charge in [0.2, 0.25) is 5.91 Å². The van der Waals surface area contributed by atoms with E-state index in [1.807, 2.05) is 0 Å². The first-order valence-corrected chi connectivity index (χ1v) is 7.08. The SMILES string of the molecule is CC1(C(=O)N2CCN(C(C)(C)C)CC2)CCNC1. The van der Waals surface area contributed by atoms with Crippen LogP contribution < -0.4 is 5.32 Å². The fourth-order valence-corrected chi connectivity index (χ4v) is 2.96. The van der Waals surface area contributed by atoms with Crippen LogP contribution in [0.4, 0.5) is 0 Å². The van der Waals surface area contributed by atoms with Gasteiger partial charge in [0, 0.05) is 38.3 Å². The number of hydrogen-bond donors (Lipinski definition) is 1. The molecule has 2 aliphatic rings. The molecule has 104 valence electrons. The summed E-state index contributed by atoms with van der Waals surface area (Å²) in [5.74, 6) is 0.348. The maximum Gasteiger partial charge on any atom is 0.229 e. The second-order valence-corrected chi connectivity index (χ2v) is 6.94. The van der Waals surface area contributed by atoms with Crippen LogP contribution in [0.2, 0.25) is 0 Å². The monoisotopic (exact) mass is 253 g/mol. The van der Waals surface area contributed by atoms with Gasteiger partial charge in [-0.2, -0.15) is 0 Å². The molecule has 1 N–H and O–H groups in total. The average molecular weight is 253 g/mol. The van der Waals surface area contributed by atoms with Crippen molar-refractivity contribution in [1.82, 2.24) is 15.1 Å². The van der Waals surface area contributed by atoms with Crippen LogP contribution in [0.1, 0.15) is 34.1 Å². The van der Waals surface area contributed by atoms with E-state index in [4.69, 9.17) is 0 Å². The summed E-state index contributed by atoms with van der Waals surface area (Å²) in [5, 5.41) is 3.31. The van der Waals surface area contributed by atoms with Crippen molar-refractivity contribution in [2.45, 2.75) is 39.7 Å². The first kappa shape index (κ1) is 13.8. The Kier molecular flexibility index (Phi) is 3.70. The van der Waals surface area contributed by atoms with E-state index in [9.17, 15) is 4.79 Å². The lowest BCUT2D eigenvalue weighted by Gasteiger charge is -2.43. The van der Waals surface area contributed by atoms with Crippen molar-refractivity contribution in [1.29, 1.82) is 0 Å². The molecule has 1 atom stereocenters. The number of amides is 1. The molecule has 0 spiro atoms. The molecule has 2 aliphatic heterocycles.